The minimum atomic E-state index is -3.32. The molecule has 0 saturated heterocycles. The molecule has 0 bridgehead atoms. The van der Waals surface area contributed by atoms with Crippen molar-refractivity contribution < 1.29 is 8.42 Å². The van der Waals surface area contributed by atoms with E-state index in [1.807, 2.05) is 0 Å². The molecule has 0 aliphatic carbocycles. The van der Waals surface area contributed by atoms with Crippen LogP contribution in [-0.4, -0.2) is 26.3 Å². The Morgan fingerprint density at radius 2 is 1.85 bits per heavy atom. The Kier molecular flexibility index (Phi) is 3.06. The van der Waals surface area contributed by atoms with Crippen molar-refractivity contribution in [2.24, 2.45) is 0 Å². The normalized spacial score (nSPS) is 11.9. The van der Waals surface area contributed by atoms with E-state index in [9.17, 15) is 8.42 Å². The van der Waals surface area contributed by atoms with Gasteiger partial charge in [-0.3, -0.25) is 0 Å². The summed E-state index contributed by atoms with van der Waals surface area (Å²) in [7, 11) is -1.81. The monoisotopic (exact) mass is 198 g/mol. The number of benzene rings is 1. The molecule has 13 heavy (non-hydrogen) atoms. The summed E-state index contributed by atoms with van der Waals surface area (Å²) in [6.07, 6.45) is 0. The van der Waals surface area contributed by atoms with Crippen molar-refractivity contribution >= 4 is 10.0 Å². The van der Waals surface area contributed by atoms with Crippen molar-refractivity contribution in [3.63, 3.8) is 0 Å². The van der Waals surface area contributed by atoms with Crippen LogP contribution in [0.5, 0.6) is 0 Å². The lowest BCUT2D eigenvalue weighted by Crippen LogP contribution is -2.26. The van der Waals surface area contributed by atoms with Crippen LogP contribution in [-0.2, 0) is 10.0 Å². The molecule has 0 saturated carbocycles. The van der Waals surface area contributed by atoms with Crippen LogP contribution in [0.3, 0.4) is 0 Å². The van der Waals surface area contributed by atoms with Crippen LogP contribution in [0, 0.1) is 6.92 Å². The molecule has 1 radical (unpaired) electrons. The fourth-order valence-corrected chi connectivity index (χ4v) is 1.99. The van der Waals surface area contributed by atoms with Gasteiger partial charge in [0.1, 0.15) is 0 Å². The van der Waals surface area contributed by atoms with E-state index in [0.717, 1.165) is 0 Å². The smallest absolute Gasteiger partial charge is 0.207 e. The summed E-state index contributed by atoms with van der Waals surface area (Å²) in [5.74, 6) is 0. The van der Waals surface area contributed by atoms with Gasteiger partial charge in [-0.15, -0.1) is 0 Å². The summed E-state index contributed by atoms with van der Waals surface area (Å²) in [6.45, 7) is 3.76. The molecule has 0 atom stereocenters. The Morgan fingerprint density at radius 3 is 2.31 bits per heavy atom. The molecule has 0 heterocycles. The van der Waals surface area contributed by atoms with Gasteiger partial charge < -0.3 is 0 Å². The SMILES string of the molecule is [CH2]CN(C)S(=O)(=O)c1ccccc1. The molecule has 4 heteroatoms. The lowest BCUT2D eigenvalue weighted by Gasteiger charge is -2.14. The quantitative estimate of drug-likeness (QED) is 0.730. The number of sulfonamides is 1. The van der Waals surface area contributed by atoms with Gasteiger partial charge in [0.15, 0.2) is 0 Å². The van der Waals surface area contributed by atoms with Crippen LogP contribution >= 0.6 is 0 Å². The molecular weight excluding hydrogens is 186 g/mol. The molecule has 0 spiro atoms. The van der Waals surface area contributed by atoms with Crippen molar-refractivity contribution in [2.45, 2.75) is 4.90 Å². The summed E-state index contributed by atoms with van der Waals surface area (Å²) in [4.78, 5) is 0.307. The van der Waals surface area contributed by atoms with Gasteiger partial charge >= 0.3 is 0 Å². The Balaban J connectivity index is 3.09. The Labute approximate surface area is 79.0 Å². The van der Waals surface area contributed by atoms with Gasteiger partial charge in [-0.25, -0.2) is 12.7 Å². The standard InChI is InChI=1S/C9H12NO2S/c1-3-10(2)13(11,12)9-7-5-4-6-8-9/h4-8H,1,3H2,2H3. The van der Waals surface area contributed by atoms with E-state index in [-0.39, 0.29) is 6.54 Å². The summed E-state index contributed by atoms with van der Waals surface area (Å²) in [6, 6.07) is 8.32. The molecule has 0 aliphatic heterocycles. The van der Waals surface area contributed by atoms with Crippen LogP contribution in [0.25, 0.3) is 0 Å². The second kappa shape index (κ2) is 3.89. The molecule has 0 amide bonds. The average Bonchev–Trinajstić information content (AvgIpc) is 2.18. The van der Waals surface area contributed by atoms with Gasteiger partial charge in [0.2, 0.25) is 10.0 Å². The minimum absolute atomic E-state index is 0.233. The highest BCUT2D eigenvalue weighted by Gasteiger charge is 2.17. The molecule has 0 fully saturated rings. The molecule has 0 aliphatic rings. The van der Waals surface area contributed by atoms with Gasteiger partial charge in [0.05, 0.1) is 4.90 Å². The summed E-state index contributed by atoms with van der Waals surface area (Å²) >= 11 is 0. The van der Waals surface area contributed by atoms with Gasteiger partial charge in [-0.05, 0) is 19.1 Å². The average molecular weight is 198 g/mol. The molecule has 1 aromatic carbocycles. The first-order chi connectivity index (χ1) is 6.09. The highest BCUT2D eigenvalue weighted by molar-refractivity contribution is 7.89. The molecule has 1 aromatic rings. The topological polar surface area (TPSA) is 37.4 Å². The van der Waals surface area contributed by atoms with E-state index in [2.05, 4.69) is 6.92 Å². The second-order valence-electron chi connectivity index (χ2n) is 2.64. The van der Waals surface area contributed by atoms with Crippen molar-refractivity contribution in [3.05, 3.63) is 37.3 Å². The number of rotatable bonds is 3. The van der Waals surface area contributed by atoms with E-state index in [1.165, 1.54) is 11.4 Å². The molecule has 0 aromatic heterocycles. The summed E-state index contributed by atoms with van der Waals surface area (Å²) in [5.41, 5.74) is 0. The maximum absolute atomic E-state index is 11.6. The Hall–Kier alpha value is -0.870. The maximum atomic E-state index is 11.6. The third-order valence-corrected chi connectivity index (χ3v) is 3.64. The third-order valence-electron chi connectivity index (χ3n) is 1.77. The zero-order valence-corrected chi connectivity index (χ0v) is 8.29. The molecule has 1 rings (SSSR count). The first-order valence-electron chi connectivity index (χ1n) is 3.89. The van der Waals surface area contributed by atoms with Crippen LogP contribution in [0.4, 0.5) is 0 Å². The first kappa shape index (κ1) is 10.2. The van der Waals surface area contributed by atoms with E-state index in [0.29, 0.717) is 4.90 Å². The Morgan fingerprint density at radius 1 is 1.31 bits per heavy atom. The lowest BCUT2D eigenvalue weighted by atomic mass is 10.4. The molecular formula is C9H12NO2S. The number of hydrogen-bond donors (Lipinski definition) is 0. The van der Waals surface area contributed by atoms with E-state index < -0.39 is 10.0 Å². The number of hydrogen-bond acceptors (Lipinski definition) is 2. The number of nitrogens with zero attached hydrogens (tertiary/aromatic N) is 1. The van der Waals surface area contributed by atoms with Gasteiger partial charge in [0.25, 0.3) is 0 Å². The van der Waals surface area contributed by atoms with Crippen molar-refractivity contribution in [3.8, 4) is 0 Å². The first-order valence-corrected chi connectivity index (χ1v) is 5.33. The van der Waals surface area contributed by atoms with Gasteiger partial charge in [-0.1, -0.05) is 18.2 Å². The van der Waals surface area contributed by atoms with Crippen molar-refractivity contribution in [2.75, 3.05) is 13.6 Å². The minimum Gasteiger partial charge on any atom is -0.207 e. The highest BCUT2D eigenvalue weighted by Crippen LogP contribution is 2.12. The predicted octanol–water partition coefficient (Wildman–Crippen LogP) is 1.14. The predicted molar refractivity (Wildman–Crippen MR) is 51.6 cm³/mol. The van der Waals surface area contributed by atoms with E-state index in [1.54, 1.807) is 30.3 Å². The maximum Gasteiger partial charge on any atom is 0.242 e. The van der Waals surface area contributed by atoms with Crippen LogP contribution < -0.4 is 0 Å². The fraction of sp³-hybridized carbons (Fsp3) is 0.222. The zero-order chi connectivity index (χ0) is 9.90. The van der Waals surface area contributed by atoms with Crippen LogP contribution in [0.15, 0.2) is 35.2 Å². The largest absolute Gasteiger partial charge is 0.242 e. The molecule has 0 unspecified atom stereocenters. The molecule has 71 valence electrons. The Bertz CT molecular complexity index is 358. The lowest BCUT2D eigenvalue weighted by molar-refractivity contribution is 0.498. The van der Waals surface area contributed by atoms with Crippen molar-refractivity contribution in [1.82, 2.24) is 4.31 Å². The summed E-state index contributed by atoms with van der Waals surface area (Å²) < 4.78 is 24.5. The zero-order valence-electron chi connectivity index (χ0n) is 7.47. The van der Waals surface area contributed by atoms with Crippen molar-refractivity contribution in [1.29, 1.82) is 0 Å². The highest BCUT2D eigenvalue weighted by atomic mass is 32.2. The molecule has 0 N–H and O–H groups in total. The van der Waals surface area contributed by atoms with E-state index >= 15 is 0 Å². The fourth-order valence-electron chi connectivity index (χ4n) is 0.893. The third kappa shape index (κ3) is 2.08. The molecule has 3 nitrogen and oxygen atoms in total. The van der Waals surface area contributed by atoms with Crippen LogP contribution in [0.2, 0.25) is 0 Å². The van der Waals surface area contributed by atoms with E-state index in [4.69, 9.17) is 0 Å². The second-order valence-corrected chi connectivity index (χ2v) is 4.68. The van der Waals surface area contributed by atoms with Crippen LogP contribution in [0.1, 0.15) is 0 Å². The van der Waals surface area contributed by atoms with Gasteiger partial charge in [-0.2, -0.15) is 0 Å². The van der Waals surface area contributed by atoms with Gasteiger partial charge in [0, 0.05) is 13.6 Å². The summed E-state index contributed by atoms with van der Waals surface area (Å²) in [5, 5.41) is 0.